The van der Waals surface area contributed by atoms with Gasteiger partial charge in [0.2, 0.25) is 0 Å². The van der Waals surface area contributed by atoms with Gasteiger partial charge in [-0.25, -0.2) is 4.79 Å². The molecule has 1 aliphatic heterocycles. The van der Waals surface area contributed by atoms with Gasteiger partial charge in [-0.05, 0) is 56.9 Å². The highest BCUT2D eigenvalue weighted by molar-refractivity contribution is 5.58. The minimum absolute atomic E-state index is 0.0494. The highest BCUT2D eigenvalue weighted by Crippen LogP contribution is 2.42. The van der Waals surface area contributed by atoms with Crippen LogP contribution in [0.4, 0.5) is 4.79 Å². The van der Waals surface area contributed by atoms with Crippen LogP contribution < -0.4 is 0 Å². The molecule has 0 bridgehead atoms. The van der Waals surface area contributed by atoms with Gasteiger partial charge in [0.15, 0.2) is 5.79 Å². The molecule has 26 heavy (non-hydrogen) atoms. The molecule has 1 aromatic rings. The third-order valence-electron chi connectivity index (χ3n) is 5.64. The molecule has 3 rings (SSSR count). The number of benzene rings is 1. The molecule has 0 spiro atoms. The number of hydrogen-bond donors (Lipinski definition) is 1. The monoisotopic (exact) mass is 362 g/mol. The molecule has 1 saturated carbocycles. The second kappa shape index (κ2) is 7.57. The summed E-state index contributed by atoms with van der Waals surface area (Å²) < 4.78 is 16.5. The van der Waals surface area contributed by atoms with Crippen molar-refractivity contribution in [3.05, 3.63) is 35.4 Å². The molecule has 1 N–H and O–H groups in total. The van der Waals surface area contributed by atoms with Crippen molar-refractivity contribution in [2.45, 2.75) is 76.8 Å². The second-order valence-electron chi connectivity index (χ2n) is 8.04. The summed E-state index contributed by atoms with van der Waals surface area (Å²) in [4.78, 5) is 11.2. The van der Waals surface area contributed by atoms with Crippen LogP contribution in [-0.2, 0) is 20.0 Å². The Morgan fingerprint density at radius 2 is 1.85 bits per heavy atom. The Hall–Kier alpha value is -1.59. The molecule has 1 heterocycles. The third-order valence-corrected chi connectivity index (χ3v) is 5.64. The van der Waals surface area contributed by atoms with E-state index < -0.39 is 17.7 Å². The van der Waals surface area contributed by atoms with E-state index in [2.05, 4.69) is 19.1 Å². The molecule has 5 heteroatoms. The molecule has 2 fully saturated rings. The largest absolute Gasteiger partial charge is 0.508 e. The first-order valence-electron chi connectivity index (χ1n) is 9.70. The van der Waals surface area contributed by atoms with Gasteiger partial charge in [0, 0.05) is 5.56 Å². The lowest BCUT2D eigenvalue weighted by Gasteiger charge is -2.30. The highest BCUT2D eigenvalue weighted by Gasteiger charge is 2.50. The fraction of sp³-hybridized carbons (Fsp3) is 0.667. The third kappa shape index (κ3) is 4.21. The van der Waals surface area contributed by atoms with E-state index in [0.717, 1.165) is 5.92 Å². The van der Waals surface area contributed by atoms with Gasteiger partial charge in [-0.2, -0.15) is 0 Å². The van der Waals surface area contributed by atoms with Crippen LogP contribution in [0.2, 0.25) is 0 Å². The van der Waals surface area contributed by atoms with Crippen LogP contribution in [0.15, 0.2) is 24.3 Å². The van der Waals surface area contributed by atoms with Gasteiger partial charge in [-0.15, -0.1) is 0 Å². The number of rotatable bonds is 5. The summed E-state index contributed by atoms with van der Waals surface area (Å²) >= 11 is 0. The average molecular weight is 362 g/mol. The van der Waals surface area contributed by atoms with E-state index in [-0.39, 0.29) is 6.61 Å². The van der Waals surface area contributed by atoms with E-state index in [1.54, 1.807) is 13.8 Å². The van der Waals surface area contributed by atoms with E-state index in [1.165, 1.54) is 44.1 Å². The maximum Gasteiger partial charge on any atom is 0.508 e. The first-order chi connectivity index (χ1) is 12.3. The molecule has 1 aromatic carbocycles. The Morgan fingerprint density at radius 3 is 2.35 bits per heavy atom. The topological polar surface area (TPSA) is 65.0 Å². The molecule has 1 aliphatic carbocycles. The summed E-state index contributed by atoms with van der Waals surface area (Å²) in [5.41, 5.74) is 1.99. The number of hydrogen-bond acceptors (Lipinski definition) is 4. The van der Waals surface area contributed by atoms with Crippen molar-refractivity contribution in [3.63, 3.8) is 0 Å². The molecule has 2 aliphatic rings. The van der Waals surface area contributed by atoms with Crippen molar-refractivity contribution >= 4 is 6.16 Å². The van der Waals surface area contributed by atoms with Crippen LogP contribution in [0.1, 0.15) is 76.3 Å². The van der Waals surface area contributed by atoms with Crippen molar-refractivity contribution in [1.29, 1.82) is 0 Å². The molecule has 0 aromatic heterocycles. The Balaban J connectivity index is 1.73. The minimum atomic E-state index is -1.40. The lowest BCUT2D eigenvalue weighted by molar-refractivity contribution is -0.240. The zero-order valence-electron chi connectivity index (χ0n) is 16.0. The number of ether oxygens (including phenoxy) is 3. The number of carboxylic acid groups (broad SMARTS) is 1. The second-order valence-corrected chi connectivity index (χ2v) is 8.04. The van der Waals surface area contributed by atoms with Crippen LogP contribution in [0, 0.1) is 5.92 Å². The van der Waals surface area contributed by atoms with Crippen molar-refractivity contribution < 1.29 is 24.1 Å². The fourth-order valence-electron chi connectivity index (χ4n) is 4.32. The quantitative estimate of drug-likeness (QED) is 0.711. The summed E-state index contributed by atoms with van der Waals surface area (Å²) in [5, 5.41) is 9.14. The normalized spacial score (nSPS) is 30.9. The van der Waals surface area contributed by atoms with Gasteiger partial charge >= 0.3 is 6.16 Å². The maximum atomic E-state index is 11.2. The van der Waals surface area contributed by atoms with Crippen molar-refractivity contribution in [2.75, 3.05) is 6.61 Å². The zero-order valence-corrected chi connectivity index (χ0v) is 16.0. The smallest absolute Gasteiger partial charge is 0.450 e. The summed E-state index contributed by atoms with van der Waals surface area (Å²) in [6, 6.07) is 8.01. The summed E-state index contributed by atoms with van der Waals surface area (Å²) in [6.45, 7) is 5.82. The lowest BCUT2D eigenvalue weighted by Crippen LogP contribution is -2.36. The highest BCUT2D eigenvalue weighted by atomic mass is 16.9. The zero-order chi connectivity index (χ0) is 18.8. The summed E-state index contributed by atoms with van der Waals surface area (Å²) in [6.07, 6.45) is 6.31. The van der Waals surface area contributed by atoms with E-state index in [4.69, 9.17) is 19.3 Å². The Bertz CT molecular complexity index is 616. The minimum Gasteiger partial charge on any atom is -0.450 e. The predicted molar refractivity (Wildman–Crippen MR) is 98.0 cm³/mol. The Labute approximate surface area is 155 Å². The van der Waals surface area contributed by atoms with Gasteiger partial charge in [-0.1, -0.05) is 44.0 Å². The first-order valence-corrected chi connectivity index (χ1v) is 9.70. The van der Waals surface area contributed by atoms with E-state index in [0.29, 0.717) is 11.5 Å². The van der Waals surface area contributed by atoms with Crippen LogP contribution in [0.3, 0.4) is 0 Å². The maximum absolute atomic E-state index is 11.2. The van der Waals surface area contributed by atoms with Gasteiger partial charge in [-0.3, -0.25) is 0 Å². The van der Waals surface area contributed by atoms with Crippen LogP contribution in [0.5, 0.6) is 0 Å². The molecule has 0 unspecified atom stereocenters. The fourth-order valence-corrected chi connectivity index (χ4v) is 4.32. The molecule has 144 valence electrons. The molecule has 0 amide bonds. The molecule has 0 radical (unpaired) electrons. The summed E-state index contributed by atoms with van der Waals surface area (Å²) in [5.74, 6) is -0.807. The van der Waals surface area contributed by atoms with Crippen LogP contribution in [0.25, 0.3) is 0 Å². The van der Waals surface area contributed by atoms with E-state index in [9.17, 15) is 4.79 Å². The first kappa shape index (κ1) is 19.2. The molecule has 1 saturated heterocycles. The summed E-state index contributed by atoms with van der Waals surface area (Å²) in [7, 11) is 0. The van der Waals surface area contributed by atoms with Gasteiger partial charge < -0.3 is 19.3 Å². The van der Waals surface area contributed by atoms with Gasteiger partial charge in [0.05, 0.1) is 0 Å². The van der Waals surface area contributed by atoms with Crippen molar-refractivity contribution in [3.8, 4) is 0 Å². The Kier molecular flexibility index (Phi) is 5.58. The van der Waals surface area contributed by atoms with Crippen molar-refractivity contribution in [1.82, 2.24) is 0 Å². The molecular weight excluding hydrogens is 332 g/mol. The van der Waals surface area contributed by atoms with Gasteiger partial charge in [0.1, 0.15) is 6.61 Å². The number of carbonyl (C=O) groups is 1. The molecule has 1 atom stereocenters. The van der Waals surface area contributed by atoms with Gasteiger partial charge in [0.25, 0.3) is 5.79 Å². The van der Waals surface area contributed by atoms with Crippen LogP contribution >= 0.6 is 0 Å². The van der Waals surface area contributed by atoms with E-state index >= 15 is 0 Å². The SMILES string of the molecule is CCC[C@H]1CC[C@H](c2ccc([C@@]3(OC(=O)O)COC(C)(C)O3)cc2)CC1. The molecule has 5 nitrogen and oxygen atoms in total. The predicted octanol–water partition coefficient (Wildman–Crippen LogP) is 5.39. The Morgan fingerprint density at radius 1 is 1.19 bits per heavy atom. The average Bonchev–Trinajstić information content (AvgIpc) is 2.91. The standard InChI is InChI=1S/C21H30O5/c1-4-5-15-6-8-16(9-7-15)17-10-12-18(13-11-17)21(25-19(22)23)14-24-20(2,3)26-21/h10-13,15-16H,4-9,14H2,1-3H3,(H,22,23)/t15-,16-,21-/m1/s1. The van der Waals surface area contributed by atoms with Crippen LogP contribution in [-0.4, -0.2) is 23.7 Å². The molecular formula is C21H30O5. The lowest BCUT2D eigenvalue weighted by atomic mass is 9.77. The van der Waals surface area contributed by atoms with E-state index in [1.807, 2.05) is 12.1 Å². The van der Waals surface area contributed by atoms with Crippen molar-refractivity contribution in [2.24, 2.45) is 5.92 Å².